The third kappa shape index (κ3) is 7.02. The van der Waals surface area contributed by atoms with Gasteiger partial charge in [0.2, 0.25) is 11.8 Å². The Bertz CT molecular complexity index is 807. The summed E-state index contributed by atoms with van der Waals surface area (Å²) in [5.41, 5.74) is 3.33. The maximum atomic E-state index is 12.2. The van der Waals surface area contributed by atoms with Gasteiger partial charge in [0.05, 0.1) is 13.0 Å². The van der Waals surface area contributed by atoms with Crippen molar-refractivity contribution < 1.29 is 9.59 Å². The molecule has 2 aromatic rings. The van der Waals surface area contributed by atoms with Gasteiger partial charge < -0.3 is 10.6 Å². The molecule has 0 spiro atoms. The first kappa shape index (κ1) is 21.1. The van der Waals surface area contributed by atoms with Gasteiger partial charge in [-0.15, -0.1) is 0 Å². The molecule has 0 saturated carbocycles. The number of piperidine rings is 1. The quantitative estimate of drug-likeness (QED) is 0.725. The average molecular weight is 394 g/mol. The second-order valence-electron chi connectivity index (χ2n) is 7.97. The van der Waals surface area contributed by atoms with Crippen molar-refractivity contribution >= 4 is 11.8 Å². The molecule has 1 saturated heterocycles. The highest BCUT2D eigenvalue weighted by Crippen LogP contribution is 2.19. The van der Waals surface area contributed by atoms with Crippen molar-refractivity contribution in [1.82, 2.24) is 15.5 Å². The highest BCUT2D eigenvalue weighted by molar-refractivity contribution is 5.85. The summed E-state index contributed by atoms with van der Waals surface area (Å²) in [6.07, 6.45) is 2.85. The molecule has 0 bridgehead atoms. The molecule has 0 unspecified atom stereocenters. The number of amides is 2. The molecule has 0 radical (unpaired) electrons. The first-order valence-electron chi connectivity index (χ1n) is 10.5. The van der Waals surface area contributed by atoms with Crippen LogP contribution in [0.4, 0.5) is 0 Å². The Labute approximate surface area is 173 Å². The van der Waals surface area contributed by atoms with E-state index in [0.717, 1.165) is 36.7 Å². The maximum Gasteiger partial charge on any atom is 0.239 e. The second-order valence-corrected chi connectivity index (χ2v) is 7.97. The molecule has 2 aromatic carbocycles. The molecule has 5 nitrogen and oxygen atoms in total. The lowest BCUT2D eigenvalue weighted by atomic mass is 9.99. The predicted octanol–water partition coefficient (Wildman–Crippen LogP) is 2.89. The number of nitrogens with one attached hydrogen (secondary N) is 2. The Hall–Kier alpha value is -2.66. The molecule has 5 heteroatoms. The average Bonchev–Trinajstić information content (AvgIpc) is 2.72. The van der Waals surface area contributed by atoms with Crippen LogP contribution in [0.3, 0.4) is 0 Å². The standard InChI is InChI=1S/C24H31N3O2/c1-19-8-7-13-27(17-19)18-22-12-6-5-11-21(22)15-25-24(29)16-26-23(28)14-20-9-3-2-4-10-20/h2-6,9-12,19H,7-8,13-18H2,1H3,(H,25,29)(H,26,28)/t19-/m1/s1. The number of likely N-dealkylation sites (tertiary alicyclic amines) is 1. The number of carbonyl (C=O) groups is 2. The van der Waals surface area contributed by atoms with Gasteiger partial charge in [-0.05, 0) is 42.0 Å². The monoisotopic (exact) mass is 393 g/mol. The highest BCUT2D eigenvalue weighted by Gasteiger charge is 2.17. The van der Waals surface area contributed by atoms with Gasteiger partial charge in [0.1, 0.15) is 0 Å². The summed E-state index contributed by atoms with van der Waals surface area (Å²) in [7, 11) is 0. The van der Waals surface area contributed by atoms with Crippen molar-refractivity contribution in [1.29, 1.82) is 0 Å². The largest absolute Gasteiger partial charge is 0.350 e. The summed E-state index contributed by atoms with van der Waals surface area (Å²) < 4.78 is 0. The zero-order valence-electron chi connectivity index (χ0n) is 17.2. The number of hydrogen-bond acceptors (Lipinski definition) is 3. The molecule has 154 valence electrons. The van der Waals surface area contributed by atoms with E-state index in [1.807, 2.05) is 36.4 Å². The van der Waals surface area contributed by atoms with Crippen molar-refractivity contribution in [3.05, 3.63) is 71.3 Å². The minimum atomic E-state index is -0.173. The molecular weight excluding hydrogens is 362 g/mol. The molecule has 0 aliphatic carbocycles. The van der Waals surface area contributed by atoms with E-state index in [4.69, 9.17) is 0 Å². The van der Waals surface area contributed by atoms with Crippen molar-refractivity contribution in [3.8, 4) is 0 Å². The van der Waals surface area contributed by atoms with Gasteiger partial charge in [0, 0.05) is 19.6 Å². The normalized spacial score (nSPS) is 16.9. The molecule has 2 N–H and O–H groups in total. The molecular formula is C24H31N3O2. The second kappa shape index (κ2) is 10.8. The third-order valence-electron chi connectivity index (χ3n) is 5.38. The van der Waals surface area contributed by atoms with E-state index in [-0.39, 0.29) is 24.8 Å². The van der Waals surface area contributed by atoms with Gasteiger partial charge >= 0.3 is 0 Å². The van der Waals surface area contributed by atoms with Crippen LogP contribution in [0.25, 0.3) is 0 Å². The smallest absolute Gasteiger partial charge is 0.239 e. The lowest BCUT2D eigenvalue weighted by Gasteiger charge is -2.31. The molecule has 1 aliphatic rings. The lowest BCUT2D eigenvalue weighted by Crippen LogP contribution is -2.37. The Kier molecular flexibility index (Phi) is 7.82. The molecule has 1 atom stereocenters. The van der Waals surface area contributed by atoms with E-state index in [9.17, 15) is 9.59 Å². The van der Waals surface area contributed by atoms with Crippen molar-refractivity contribution in [3.63, 3.8) is 0 Å². The zero-order chi connectivity index (χ0) is 20.5. The van der Waals surface area contributed by atoms with Crippen molar-refractivity contribution in [2.24, 2.45) is 5.92 Å². The van der Waals surface area contributed by atoms with E-state index in [1.54, 1.807) is 0 Å². The topological polar surface area (TPSA) is 61.4 Å². The van der Waals surface area contributed by atoms with Crippen molar-refractivity contribution in [2.75, 3.05) is 19.6 Å². The fourth-order valence-corrected chi connectivity index (χ4v) is 3.83. The molecule has 3 rings (SSSR count). The molecule has 1 aliphatic heterocycles. The van der Waals surface area contributed by atoms with Crippen LogP contribution in [-0.2, 0) is 29.1 Å². The Balaban J connectivity index is 1.44. The molecule has 2 amide bonds. The number of rotatable bonds is 8. The Morgan fingerprint density at radius 3 is 2.45 bits per heavy atom. The molecule has 1 heterocycles. The van der Waals surface area contributed by atoms with Gasteiger partial charge in [-0.2, -0.15) is 0 Å². The minimum Gasteiger partial charge on any atom is -0.350 e. The summed E-state index contributed by atoms with van der Waals surface area (Å²) >= 11 is 0. The summed E-state index contributed by atoms with van der Waals surface area (Å²) in [5, 5.41) is 5.63. The van der Waals surface area contributed by atoms with Crippen LogP contribution in [-0.4, -0.2) is 36.3 Å². The summed E-state index contributed by atoms with van der Waals surface area (Å²) in [6.45, 7) is 5.98. The third-order valence-corrected chi connectivity index (χ3v) is 5.38. The van der Waals surface area contributed by atoms with Crippen molar-refractivity contribution in [2.45, 2.75) is 39.3 Å². The van der Waals surface area contributed by atoms with Crippen LogP contribution in [0.2, 0.25) is 0 Å². The van der Waals surface area contributed by atoms with Gasteiger partial charge in [-0.3, -0.25) is 14.5 Å². The SMILES string of the molecule is C[C@@H]1CCCN(Cc2ccccc2CNC(=O)CNC(=O)Cc2ccccc2)C1. The summed E-state index contributed by atoms with van der Waals surface area (Å²) in [6, 6.07) is 17.8. The van der Waals surface area contributed by atoms with Gasteiger partial charge in [-0.1, -0.05) is 61.5 Å². The zero-order valence-corrected chi connectivity index (χ0v) is 17.2. The Morgan fingerprint density at radius 1 is 0.966 bits per heavy atom. The number of benzene rings is 2. The van der Waals surface area contributed by atoms with E-state index in [0.29, 0.717) is 6.54 Å². The van der Waals surface area contributed by atoms with Crippen LogP contribution in [0.1, 0.15) is 36.5 Å². The van der Waals surface area contributed by atoms with Crippen LogP contribution in [0, 0.1) is 5.92 Å². The van der Waals surface area contributed by atoms with Gasteiger partial charge in [0.25, 0.3) is 0 Å². The maximum absolute atomic E-state index is 12.2. The first-order valence-corrected chi connectivity index (χ1v) is 10.5. The number of nitrogens with zero attached hydrogens (tertiary/aromatic N) is 1. The van der Waals surface area contributed by atoms with E-state index < -0.39 is 0 Å². The molecule has 1 fully saturated rings. The summed E-state index contributed by atoms with van der Waals surface area (Å²) in [5.74, 6) is 0.425. The number of carbonyl (C=O) groups excluding carboxylic acids is 2. The Morgan fingerprint density at radius 2 is 1.69 bits per heavy atom. The van der Waals surface area contributed by atoms with Crippen LogP contribution in [0.5, 0.6) is 0 Å². The first-order chi connectivity index (χ1) is 14.1. The minimum absolute atomic E-state index is 0.00251. The fourth-order valence-electron chi connectivity index (χ4n) is 3.83. The molecule has 29 heavy (non-hydrogen) atoms. The van der Waals surface area contributed by atoms with Crippen LogP contribution < -0.4 is 10.6 Å². The van der Waals surface area contributed by atoms with E-state index in [1.165, 1.54) is 18.4 Å². The van der Waals surface area contributed by atoms with Gasteiger partial charge in [-0.25, -0.2) is 0 Å². The fraction of sp³-hybridized carbons (Fsp3) is 0.417. The number of hydrogen-bond donors (Lipinski definition) is 2. The lowest BCUT2D eigenvalue weighted by molar-refractivity contribution is -0.125. The molecule has 0 aromatic heterocycles. The summed E-state index contributed by atoms with van der Waals surface area (Å²) in [4.78, 5) is 26.7. The van der Waals surface area contributed by atoms with Crippen LogP contribution >= 0.6 is 0 Å². The highest BCUT2D eigenvalue weighted by atomic mass is 16.2. The van der Waals surface area contributed by atoms with E-state index in [2.05, 4.69) is 40.7 Å². The van der Waals surface area contributed by atoms with E-state index >= 15 is 0 Å². The van der Waals surface area contributed by atoms with Gasteiger partial charge in [0.15, 0.2) is 0 Å². The van der Waals surface area contributed by atoms with Crippen LogP contribution in [0.15, 0.2) is 54.6 Å². The predicted molar refractivity (Wildman–Crippen MR) is 115 cm³/mol.